The van der Waals surface area contributed by atoms with E-state index in [4.69, 9.17) is 4.42 Å². The molecule has 0 bridgehead atoms. The average molecular weight is 409 g/mol. The molecule has 1 N–H and O–H groups in total. The lowest BCUT2D eigenvalue weighted by atomic mass is 10.2. The minimum Gasteiger partial charge on any atom is -0.467 e. The van der Waals surface area contributed by atoms with Crippen LogP contribution in [-0.4, -0.2) is 21.2 Å². The van der Waals surface area contributed by atoms with E-state index in [1.807, 2.05) is 0 Å². The monoisotopic (exact) mass is 409 g/mol. The van der Waals surface area contributed by atoms with Crippen LogP contribution in [0.3, 0.4) is 0 Å². The number of fused-ring (bicyclic) bond motifs is 1. The highest BCUT2D eigenvalue weighted by Crippen LogP contribution is 2.21. The van der Waals surface area contributed by atoms with Crippen molar-refractivity contribution >= 4 is 28.6 Å². The highest BCUT2D eigenvalue weighted by atomic mass is 32.2. The molecule has 0 unspecified atom stereocenters. The van der Waals surface area contributed by atoms with Crippen LogP contribution in [0.5, 0.6) is 0 Å². The number of rotatable bonds is 6. The van der Waals surface area contributed by atoms with Gasteiger partial charge in [-0.05, 0) is 42.5 Å². The van der Waals surface area contributed by atoms with Crippen molar-refractivity contribution in [3.63, 3.8) is 0 Å². The fourth-order valence-electron chi connectivity index (χ4n) is 2.83. The summed E-state index contributed by atoms with van der Waals surface area (Å²) in [4.78, 5) is 29.8. The molecule has 0 aliphatic carbocycles. The van der Waals surface area contributed by atoms with E-state index in [0.717, 1.165) is 11.8 Å². The Balaban J connectivity index is 1.64. The molecule has 0 saturated heterocycles. The molecule has 0 radical (unpaired) electrons. The molecule has 8 heteroatoms. The van der Waals surface area contributed by atoms with Crippen molar-refractivity contribution in [2.75, 3.05) is 5.75 Å². The fraction of sp³-hybridized carbons (Fsp3) is 0.0952. The Morgan fingerprint density at radius 2 is 2.00 bits per heavy atom. The van der Waals surface area contributed by atoms with Gasteiger partial charge in [0.1, 0.15) is 11.6 Å². The topological polar surface area (TPSA) is 77.1 Å². The smallest absolute Gasteiger partial charge is 0.266 e. The lowest BCUT2D eigenvalue weighted by Crippen LogP contribution is -2.26. The van der Waals surface area contributed by atoms with Crippen LogP contribution in [0.25, 0.3) is 16.6 Å². The minimum absolute atomic E-state index is 0.0425. The molecule has 0 fully saturated rings. The van der Waals surface area contributed by atoms with Crippen molar-refractivity contribution in [2.45, 2.75) is 11.7 Å². The van der Waals surface area contributed by atoms with E-state index >= 15 is 0 Å². The van der Waals surface area contributed by atoms with Crippen LogP contribution in [-0.2, 0) is 11.3 Å². The maximum Gasteiger partial charge on any atom is 0.266 e. The highest BCUT2D eigenvalue weighted by molar-refractivity contribution is 7.99. The number of halogens is 1. The van der Waals surface area contributed by atoms with Crippen LogP contribution in [0.2, 0.25) is 0 Å². The minimum atomic E-state index is -0.463. The Labute approximate surface area is 169 Å². The third kappa shape index (κ3) is 4.22. The van der Waals surface area contributed by atoms with E-state index in [0.29, 0.717) is 27.5 Å². The molecule has 2 heterocycles. The molecule has 0 spiro atoms. The summed E-state index contributed by atoms with van der Waals surface area (Å²) in [5.74, 6) is -0.0148. The number of para-hydroxylation sites is 1. The van der Waals surface area contributed by atoms with Gasteiger partial charge >= 0.3 is 0 Å². The predicted octanol–water partition coefficient (Wildman–Crippen LogP) is 3.53. The van der Waals surface area contributed by atoms with Crippen molar-refractivity contribution in [3.05, 3.63) is 88.9 Å². The third-order valence-corrected chi connectivity index (χ3v) is 5.12. The molecule has 0 atom stereocenters. The molecule has 2 aromatic heterocycles. The lowest BCUT2D eigenvalue weighted by Gasteiger charge is -2.13. The number of nitrogens with one attached hydrogen (secondary N) is 1. The van der Waals surface area contributed by atoms with Gasteiger partial charge in [0.15, 0.2) is 5.16 Å². The van der Waals surface area contributed by atoms with Gasteiger partial charge in [-0.25, -0.2) is 9.37 Å². The second-order valence-electron chi connectivity index (χ2n) is 6.18. The first kappa shape index (κ1) is 18.9. The van der Waals surface area contributed by atoms with Gasteiger partial charge in [-0.1, -0.05) is 30.0 Å². The Bertz CT molecular complexity index is 1220. The standard InChI is InChI=1S/C21H16FN3O3S/c22-14-5-3-6-15(11-14)25-20(27)17-8-1-2-9-18(17)24-21(25)29-13-19(26)23-12-16-7-4-10-28-16/h1-11H,12-13H2,(H,23,26). The maximum absolute atomic E-state index is 13.8. The van der Waals surface area contributed by atoms with Crippen LogP contribution in [0.4, 0.5) is 4.39 Å². The van der Waals surface area contributed by atoms with Crippen molar-refractivity contribution in [1.29, 1.82) is 0 Å². The number of thioether (sulfide) groups is 1. The van der Waals surface area contributed by atoms with Gasteiger partial charge in [0, 0.05) is 0 Å². The number of hydrogen-bond donors (Lipinski definition) is 1. The summed E-state index contributed by atoms with van der Waals surface area (Å²) < 4.78 is 20.3. The number of carbonyl (C=O) groups excluding carboxylic acids is 1. The predicted molar refractivity (Wildman–Crippen MR) is 109 cm³/mol. The van der Waals surface area contributed by atoms with Crippen molar-refractivity contribution in [1.82, 2.24) is 14.9 Å². The van der Waals surface area contributed by atoms with Crippen molar-refractivity contribution in [2.24, 2.45) is 0 Å². The highest BCUT2D eigenvalue weighted by Gasteiger charge is 2.15. The van der Waals surface area contributed by atoms with E-state index in [1.54, 1.807) is 42.5 Å². The van der Waals surface area contributed by atoms with Gasteiger partial charge in [0.25, 0.3) is 5.56 Å². The lowest BCUT2D eigenvalue weighted by molar-refractivity contribution is -0.118. The van der Waals surface area contributed by atoms with Crippen LogP contribution < -0.4 is 10.9 Å². The van der Waals surface area contributed by atoms with Crippen LogP contribution >= 0.6 is 11.8 Å². The third-order valence-electron chi connectivity index (χ3n) is 4.18. The second kappa shape index (κ2) is 8.32. The molecule has 6 nitrogen and oxygen atoms in total. The molecule has 146 valence electrons. The van der Waals surface area contributed by atoms with E-state index in [1.165, 1.54) is 29.0 Å². The van der Waals surface area contributed by atoms with Crippen molar-refractivity contribution < 1.29 is 13.6 Å². The number of carbonyl (C=O) groups is 1. The number of benzene rings is 2. The largest absolute Gasteiger partial charge is 0.467 e. The Morgan fingerprint density at radius 1 is 1.14 bits per heavy atom. The van der Waals surface area contributed by atoms with Gasteiger partial charge in [-0.2, -0.15) is 0 Å². The van der Waals surface area contributed by atoms with E-state index in [2.05, 4.69) is 10.3 Å². The van der Waals surface area contributed by atoms with Crippen molar-refractivity contribution in [3.8, 4) is 5.69 Å². The van der Waals surface area contributed by atoms with Gasteiger partial charge in [-0.3, -0.25) is 14.2 Å². The molecule has 0 aliphatic rings. The Morgan fingerprint density at radius 3 is 2.79 bits per heavy atom. The van der Waals surface area contributed by atoms with E-state index < -0.39 is 5.82 Å². The number of furan rings is 1. The molecule has 2 aromatic carbocycles. The molecular formula is C21H16FN3O3S. The first-order valence-electron chi connectivity index (χ1n) is 8.81. The Hall–Kier alpha value is -3.39. The first-order valence-corrected chi connectivity index (χ1v) is 9.80. The zero-order chi connectivity index (χ0) is 20.2. The molecule has 4 rings (SSSR count). The number of nitrogens with zero attached hydrogens (tertiary/aromatic N) is 2. The molecule has 4 aromatic rings. The first-order chi connectivity index (χ1) is 14.1. The summed E-state index contributed by atoms with van der Waals surface area (Å²) in [5.41, 5.74) is 0.551. The fourth-order valence-corrected chi connectivity index (χ4v) is 3.67. The summed E-state index contributed by atoms with van der Waals surface area (Å²) >= 11 is 1.11. The Kier molecular flexibility index (Phi) is 5.44. The van der Waals surface area contributed by atoms with Crippen LogP contribution in [0.15, 0.2) is 81.3 Å². The van der Waals surface area contributed by atoms with E-state index in [9.17, 15) is 14.0 Å². The molecule has 1 amide bonds. The quantitative estimate of drug-likeness (QED) is 0.389. The van der Waals surface area contributed by atoms with Gasteiger partial charge in [0.05, 0.1) is 35.2 Å². The molecule has 29 heavy (non-hydrogen) atoms. The number of amides is 1. The summed E-state index contributed by atoms with van der Waals surface area (Å²) in [7, 11) is 0. The summed E-state index contributed by atoms with van der Waals surface area (Å²) in [5, 5.41) is 3.48. The van der Waals surface area contributed by atoms with E-state index in [-0.39, 0.29) is 23.8 Å². The normalized spacial score (nSPS) is 10.9. The molecule has 0 saturated carbocycles. The van der Waals surface area contributed by atoms with Crippen LogP contribution in [0.1, 0.15) is 5.76 Å². The molecular weight excluding hydrogens is 393 g/mol. The summed E-state index contributed by atoms with van der Waals surface area (Å²) in [6.07, 6.45) is 1.53. The van der Waals surface area contributed by atoms with Gasteiger partial charge in [0.2, 0.25) is 5.91 Å². The maximum atomic E-state index is 13.8. The number of aromatic nitrogens is 2. The number of hydrogen-bond acceptors (Lipinski definition) is 5. The van der Waals surface area contributed by atoms with Gasteiger partial charge < -0.3 is 9.73 Å². The summed E-state index contributed by atoms with van der Waals surface area (Å²) in [6, 6.07) is 16.2. The van der Waals surface area contributed by atoms with Crippen LogP contribution in [0, 0.1) is 5.82 Å². The zero-order valence-electron chi connectivity index (χ0n) is 15.2. The molecule has 0 aliphatic heterocycles. The average Bonchev–Trinajstić information content (AvgIpc) is 3.24. The second-order valence-corrected chi connectivity index (χ2v) is 7.12. The SMILES string of the molecule is O=C(CSc1nc2ccccc2c(=O)n1-c1cccc(F)c1)NCc1ccco1. The summed E-state index contributed by atoms with van der Waals surface area (Å²) in [6.45, 7) is 0.272. The zero-order valence-corrected chi connectivity index (χ0v) is 16.0. The van der Waals surface area contributed by atoms with Gasteiger partial charge in [-0.15, -0.1) is 0 Å².